The van der Waals surface area contributed by atoms with Crippen LogP contribution in [0.3, 0.4) is 0 Å². The Labute approximate surface area is 166 Å². The van der Waals surface area contributed by atoms with Crippen LogP contribution in [0, 0.1) is 0 Å². The molecule has 0 radical (unpaired) electrons. The van der Waals surface area contributed by atoms with E-state index in [0.29, 0.717) is 6.54 Å². The second-order valence-electron chi connectivity index (χ2n) is 7.21. The molecule has 4 rings (SSSR count). The number of nitrogens with zero attached hydrogens (tertiary/aromatic N) is 1. The number of hydrogen-bond acceptors (Lipinski definition) is 3. The van der Waals surface area contributed by atoms with E-state index in [1.54, 1.807) is 0 Å². The lowest BCUT2D eigenvalue weighted by Crippen LogP contribution is -2.39. The molecule has 1 atom stereocenters. The highest BCUT2D eigenvalue weighted by Gasteiger charge is 2.21. The molecule has 0 aromatic heterocycles. The fourth-order valence-electron chi connectivity index (χ4n) is 3.80. The average molecular weight is 374 g/mol. The van der Waals surface area contributed by atoms with Crippen molar-refractivity contribution in [2.75, 3.05) is 32.8 Å². The number of morpholine rings is 1. The highest BCUT2D eigenvalue weighted by molar-refractivity contribution is 6.06. The van der Waals surface area contributed by atoms with Crippen molar-refractivity contribution in [1.29, 1.82) is 0 Å². The third-order valence-electron chi connectivity index (χ3n) is 5.29. The van der Waals surface area contributed by atoms with Gasteiger partial charge in [0.25, 0.3) is 5.91 Å². The molecule has 0 bridgehead atoms. The van der Waals surface area contributed by atoms with Gasteiger partial charge in [0.05, 0.1) is 12.7 Å². The molecule has 0 aliphatic carbocycles. The zero-order valence-electron chi connectivity index (χ0n) is 16.0. The topological polar surface area (TPSA) is 41.6 Å². The van der Waals surface area contributed by atoms with Crippen molar-refractivity contribution >= 4 is 16.7 Å². The summed E-state index contributed by atoms with van der Waals surface area (Å²) in [6.07, 6.45) is 1.07. The van der Waals surface area contributed by atoms with Crippen LogP contribution in [0.1, 0.15) is 28.4 Å². The molecular formula is C24H26N2O2. The van der Waals surface area contributed by atoms with Crippen LogP contribution in [-0.2, 0) is 4.74 Å². The minimum Gasteiger partial charge on any atom is -0.371 e. The van der Waals surface area contributed by atoms with Crippen molar-refractivity contribution in [1.82, 2.24) is 10.2 Å². The quantitative estimate of drug-likeness (QED) is 0.662. The van der Waals surface area contributed by atoms with Gasteiger partial charge in [0.15, 0.2) is 0 Å². The molecule has 4 nitrogen and oxygen atoms in total. The van der Waals surface area contributed by atoms with Crippen molar-refractivity contribution < 1.29 is 9.53 Å². The molecule has 1 aliphatic heterocycles. The fourth-order valence-corrected chi connectivity index (χ4v) is 3.80. The van der Waals surface area contributed by atoms with Gasteiger partial charge in [-0.2, -0.15) is 0 Å². The third kappa shape index (κ3) is 4.41. The molecule has 4 heteroatoms. The molecule has 28 heavy (non-hydrogen) atoms. The number of rotatable bonds is 6. The Morgan fingerprint density at radius 2 is 1.79 bits per heavy atom. The Morgan fingerprint density at radius 1 is 1.00 bits per heavy atom. The van der Waals surface area contributed by atoms with Crippen LogP contribution in [0.15, 0.2) is 72.8 Å². The number of carbonyl (C=O) groups excluding carboxylic acids is 1. The number of carbonyl (C=O) groups is 1. The molecule has 0 saturated carbocycles. The van der Waals surface area contributed by atoms with E-state index >= 15 is 0 Å². The van der Waals surface area contributed by atoms with Gasteiger partial charge >= 0.3 is 0 Å². The maximum atomic E-state index is 12.6. The Balaban J connectivity index is 1.27. The summed E-state index contributed by atoms with van der Waals surface area (Å²) in [4.78, 5) is 15.0. The molecule has 0 spiro atoms. The summed E-state index contributed by atoms with van der Waals surface area (Å²) >= 11 is 0. The van der Waals surface area contributed by atoms with Crippen molar-refractivity contribution in [3.05, 3.63) is 83.9 Å². The predicted octanol–water partition coefficient (Wildman–Crippen LogP) is 4.03. The average Bonchev–Trinajstić information content (AvgIpc) is 2.77. The van der Waals surface area contributed by atoms with E-state index in [2.05, 4.69) is 34.5 Å². The second-order valence-corrected chi connectivity index (χ2v) is 7.21. The maximum absolute atomic E-state index is 12.6. The van der Waals surface area contributed by atoms with E-state index in [4.69, 9.17) is 4.74 Å². The van der Waals surface area contributed by atoms with Gasteiger partial charge in [-0.05, 0) is 28.8 Å². The molecule has 1 fully saturated rings. The van der Waals surface area contributed by atoms with Crippen LogP contribution < -0.4 is 5.32 Å². The monoisotopic (exact) mass is 374 g/mol. The van der Waals surface area contributed by atoms with Crippen LogP contribution in [0.4, 0.5) is 0 Å². The van der Waals surface area contributed by atoms with E-state index in [0.717, 1.165) is 49.0 Å². The van der Waals surface area contributed by atoms with Gasteiger partial charge in [0.1, 0.15) is 0 Å². The van der Waals surface area contributed by atoms with Gasteiger partial charge in [-0.1, -0.05) is 66.7 Å². The van der Waals surface area contributed by atoms with Crippen LogP contribution in [0.5, 0.6) is 0 Å². The highest BCUT2D eigenvalue weighted by atomic mass is 16.5. The van der Waals surface area contributed by atoms with E-state index < -0.39 is 0 Å². The SMILES string of the molecule is O=C(NCCCN1CCOC(c2ccccc2)C1)c1cccc2ccccc12. The molecule has 3 aromatic rings. The number of benzene rings is 3. The standard InChI is InChI=1S/C24H26N2O2/c27-24(22-13-6-11-19-8-4-5-12-21(19)22)25-14-7-15-26-16-17-28-23(18-26)20-9-2-1-3-10-20/h1-6,8-13,23H,7,14-18H2,(H,25,27). The summed E-state index contributed by atoms with van der Waals surface area (Å²) in [5.41, 5.74) is 1.98. The summed E-state index contributed by atoms with van der Waals surface area (Å²) < 4.78 is 5.93. The minimum absolute atomic E-state index is 0.000870. The first kappa shape index (κ1) is 18.7. The first-order valence-electron chi connectivity index (χ1n) is 9.96. The summed E-state index contributed by atoms with van der Waals surface area (Å²) in [5, 5.41) is 5.17. The van der Waals surface area contributed by atoms with Crippen molar-refractivity contribution in [3.8, 4) is 0 Å². The Kier molecular flexibility index (Phi) is 6.00. The van der Waals surface area contributed by atoms with E-state index in [9.17, 15) is 4.79 Å². The first-order valence-corrected chi connectivity index (χ1v) is 9.96. The van der Waals surface area contributed by atoms with Crippen molar-refractivity contribution in [2.24, 2.45) is 0 Å². The van der Waals surface area contributed by atoms with Crippen LogP contribution in [0.2, 0.25) is 0 Å². The van der Waals surface area contributed by atoms with E-state index in [-0.39, 0.29) is 12.0 Å². The zero-order chi connectivity index (χ0) is 19.2. The highest BCUT2D eigenvalue weighted by Crippen LogP contribution is 2.22. The maximum Gasteiger partial charge on any atom is 0.251 e. The van der Waals surface area contributed by atoms with Gasteiger partial charge in [-0.25, -0.2) is 0 Å². The molecule has 3 aromatic carbocycles. The molecule has 144 valence electrons. The summed E-state index contributed by atoms with van der Waals surface area (Å²) in [5.74, 6) is 0.000870. The molecule has 1 amide bonds. The van der Waals surface area contributed by atoms with Crippen molar-refractivity contribution in [3.63, 3.8) is 0 Å². The number of nitrogens with one attached hydrogen (secondary N) is 1. The molecule has 1 heterocycles. The normalized spacial score (nSPS) is 17.5. The Morgan fingerprint density at radius 3 is 2.68 bits per heavy atom. The zero-order valence-corrected chi connectivity index (χ0v) is 16.0. The van der Waals surface area contributed by atoms with Gasteiger partial charge in [-0.15, -0.1) is 0 Å². The van der Waals surface area contributed by atoms with Crippen molar-refractivity contribution in [2.45, 2.75) is 12.5 Å². The molecule has 1 unspecified atom stereocenters. The number of hydrogen-bond donors (Lipinski definition) is 1. The van der Waals surface area contributed by atoms with Crippen LogP contribution >= 0.6 is 0 Å². The predicted molar refractivity (Wildman–Crippen MR) is 112 cm³/mol. The lowest BCUT2D eigenvalue weighted by atomic mass is 10.0. The van der Waals surface area contributed by atoms with Crippen LogP contribution in [0.25, 0.3) is 10.8 Å². The largest absolute Gasteiger partial charge is 0.371 e. The lowest BCUT2D eigenvalue weighted by Gasteiger charge is -2.33. The molecule has 1 saturated heterocycles. The number of fused-ring (bicyclic) bond motifs is 1. The summed E-state index contributed by atoms with van der Waals surface area (Å²) in [6, 6.07) is 24.3. The van der Waals surface area contributed by atoms with Crippen LogP contribution in [-0.4, -0.2) is 43.6 Å². The summed E-state index contributed by atoms with van der Waals surface area (Å²) in [6.45, 7) is 4.24. The van der Waals surface area contributed by atoms with Gasteiger partial charge in [0.2, 0.25) is 0 Å². The third-order valence-corrected chi connectivity index (χ3v) is 5.29. The molecule has 1 aliphatic rings. The molecular weight excluding hydrogens is 348 g/mol. The van der Waals surface area contributed by atoms with Gasteiger partial charge in [-0.3, -0.25) is 9.69 Å². The second kappa shape index (κ2) is 9.00. The van der Waals surface area contributed by atoms with E-state index in [1.807, 2.05) is 48.5 Å². The van der Waals surface area contributed by atoms with Gasteiger partial charge < -0.3 is 10.1 Å². The van der Waals surface area contributed by atoms with E-state index in [1.165, 1.54) is 5.56 Å². The van der Waals surface area contributed by atoms with Gasteiger partial charge in [0, 0.05) is 31.7 Å². The lowest BCUT2D eigenvalue weighted by molar-refractivity contribution is -0.0301. The number of ether oxygens (including phenoxy) is 1. The smallest absolute Gasteiger partial charge is 0.251 e. The number of amides is 1. The first-order chi connectivity index (χ1) is 13.8. The minimum atomic E-state index is 0.000870. The fraction of sp³-hybridized carbons (Fsp3) is 0.292. The Bertz CT molecular complexity index is 921. The molecule has 1 N–H and O–H groups in total. The summed E-state index contributed by atoms with van der Waals surface area (Å²) in [7, 11) is 0. The Hall–Kier alpha value is -2.69.